The first-order valence-electron chi connectivity index (χ1n) is 9.14. The highest BCUT2D eigenvalue weighted by Gasteiger charge is 2.38. The number of aliphatic hydroxyl groups is 1. The number of aliphatic hydroxyl groups excluding tert-OH is 1. The number of amides is 1. The monoisotopic (exact) mass is 379 g/mol. The van der Waals surface area contributed by atoms with Crippen molar-refractivity contribution in [2.24, 2.45) is 5.92 Å². The lowest BCUT2D eigenvalue weighted by atomic mass is 9.80. The highest BCUT2D eigenvalue weighted by atomic mass is 16.6. The molecule has 7 heteroatoms. The summed E-state index contributed by atoms with van der Waals surface area (Å²) < 4.78 is 15.8. The SMILES string of the molecule is COC(=O)[C@@H]1CN(C(=O)OC(C)(C)C)CC[C@H]1c1ccc(OCCO)cc1. The van der Waals surface area contributed by atoms with Crippen LogP contribution in [0.4, 0.5) is 4.79 Å². The lowest BCUT2D eigenvalue weighted by Gasteiger charge is -2.38. The predicted molar refractivity (Wildman–Crippen MR) is 99.7 cm³/mol. The Bertz CT molecular complexity index is 637. The molecule has 1 amide bonds. The van der Waals surface area contributed by atoms with E-state index < -0.39 is 17.6 Å². The molecule has 7 nitrogen and oxygen atoms in total. The Hall–Kier alpha value is -2.28. The first kappa shape index (κ1) is 21.0. The Kier molecular flexibility index (Phi) is 7.07. The van der Waals surface area contributed by atoms with Crippen LogP contribution in [-0.2, 0) is 14.3 Å². The fourth-order valence-corrected chi connectivity index (χ4v) is 3.21. The number of hydrogen-bond acceptors (Lipinski definition) is 6. The average Bonchev–Trinajstić information content (AvgIpc) is 2.64. The van der Waals surface area contributed by atoms with Crippen LogP contribution in [0.1, 0.15) is 38.7 Å². The van der Waals surface area contributed by atoms with Gasteiger partial charge in [-0.1, -0.05) is 12.1 Å². The molecule has 1 heterocycles. The number of nitrogens with zero attached hydrogens (tertiary/aromatic N) is 1. The molecule has 1 aromatic rings. The molecule has 0 aromatic heterocycles. The van der Waals surface area contributed by atoms with Crippen molar-refractivity contribution in [3.63, 3.8) is 0 Å². The molecule has 0 radical (unpaired) electrons. The van der Waals surface area contributed by atoms with Gasteiger partial charge in [-0.25, -0.2) is 4.79 Å². The van der Waals surface area contributed by atoms with Crippen LogP contribution in [0.15, 0.2) is 24.3 Å². The molecule has 1 N–H and O–H groups in total. The summed E-state index contributed by atoms with van der Waals surface area (Å²) in [5, 5.41) is 8.83. The minimum absolute atomic E-state index is 0.0463. The van der Waals surface area contributed by atoms with E-state index >= 15 is 0 Å². The van der Waals surface area contributed by atoms with Crippen LogP contribution in [0.25, 0.3) is 0 Å². The van der Waals surface area contributed by atoms with E-state index in [9.17, 15) is 9.59 Å². The summed E-state index contributed by atoms with van der Waals surface area (Å²) in [7, 11) is 1.36. The van der Waals surface area contributed by atoms with Crippen molar-refractivity contribution in [2.45, 2.75) is 38.7 Å². The van der Waals surface area contributed by atoms with Gasteiger partial charge in [0.05, 0.1) is 19.6 Å². The summed E-state index contributed by atoms with van der Waals surface area (Å²) in [6.07, 6.45) is 0.221. The predicted octanol–water partition coefficient (Wildman–Crippen LogP) is 2.57. The second-order valence-corrected chi connectivity index (χ2v) is 7.59. The van der Waals surface area contributed by atoms with E-state index in [-0.39, 0.29) is 31.6 Å². The molecule has 1 aromatic carbocycles. The van der Waals surface area contributed by atoms with Crippen LogP contribution >= 0.6 is 0 Å². The zero-order chi connectivity index (χ0) is 20.0. The van der Waals surface area contributed by atoms with E-state index in [1.165, 1.54) is 7.11 Å². The van der Waals surface area contributed by atoms with E-state index in [1.54, 1.807) is 4.90 Å². The smallest absolute Gasteiger partial charge is 0.410 e. The second-order valence-electron chi connectivity index (χ2n) is 7.59. The topological polar surface area (TPSA) is 85.3 Å². The van der Waals surface area contributed by atoms with Crippen molar-refractivity contribution >= 4 is 12.1 Å². The molecule has 0 unspecified atom stereocenters. The van der Waals surface area contributed by atoms with Gasteiger partial charge in [0.25, 0.3) is 0 Å². The van der Waals surface area contributed by atoms with Crippen LogP contribution in [0, 0.1) is 5.92 Å². The van der Waals surface area contributed by atoms with Gasteiger partial charge in [0, 0.05) is 19.0 Å². The lowest BCUT2D eigenvalue weighted by Crippen LogP contribution is -2.47. The van der Waals surface area contributed by atoms with Gasteiger partial charge >= 0.3 is 12.1 Å². The Morgan fingerprint density at radius 2 is 1.89 bits per heavy atom. The molecule has 0 bridgehead atoms. The highest BCUT2D eigenvalue weighted by molar-refractivity contribution is 5.76. The summed E-state index contributed by atoms with van der Waals surface area (Å²) in [4.78, 5) is 26.3. The summed E-state index contributed by atoms with van der Waals surface area (Å²) in [5.74, 6) is -0.189. The third-order valence-corrected chi connectivity index (χ3v) is 4.44. The molecule has 2 atom stereocenters. The van der Waals surface area contributed by atoms with Gasteiger partial charge in [-0.15, -0.1) is 0 Å². The van der Waals surface area contributed by atoms with E-state index in [4.69, 9.17) is 19.3 Å². The standard InChI is InChI=1S/C20H29NO6/c1-20(2,3)27-19(24)21-10-9-16(17(13-21)18(23)25-4)14-5-7-15(8-6-14)26-12-11-22/h5-8,16-17,22H,9-13H2,1-4H3/t16-,17+/m0/s1. The summed E-state index contributed by atoms with van der Waals surface area (Å²) in [5.41, 5.74) is 0.407. The normalized spacial score (nSPS) is 20.1. The number of carbonyl (C=O) groups excluding carboxylic acids is 2. The maximum absolute atomic E-state index is 12.4. The molecule has 0 aliphatic carbocycles. The van der Waals surface area contributed by atoms with E-state index in [2.05, 4.69) is 0 Å². The molecule has 1 aliphatic rings. The Labute approximate surface area is 160 Å². The molecular weight excluding hydrogens is 350 g/mol. The van der Waals surface area contributed by atoms with Crippen LogP contribution in [0.5, 0.6) is 5.75 Å². The van der Waals surface area contributed by atoms with Crippen LogP contribution in [0.2, 0.25) is 0 Å². The minimum Gasteiger partial charge on any atom is -0.491 e. The van der Waals surface area contributed by atoms with Gasteiger partial charge in [-0.05, 0) is 44.9 Å². The van der Waals surface area contributed by atoms with Gasteiger partial charge in [-0.3, -0.25) is 4.79 Å². The molecule has 1 fully saturated rings. The second kappa shape index (κ2) is 9.08. The van der Waals surface area contributed by atoms with E-state index in [1.807, 2.05) is 45.0 Å². The summed E-state index contributed by atoms with van der Waals surface area (Å²) in [6, 6.07) is 7.46. The molecule has 27 heavy (non-hydrogen) atoms. The number of esters is 1. The number of rotatable bonds is 5. The van der Waals surface area contributed by atoms with Crippen molar-refractivity contribution in [3.8, 4) is 5.75 Å². The zero-order valence-corrected chi connectivity index (χ0v) is 16.4. The first-order valence-corrected chi connectivity index (χ1v) is 9.14. The largest absolute Gasteiger partial charge is 0.491 e. The number of benzene rings is 1. The third-order valence-electron chi connectivity index (χ3n) is 4.44. The van der Waals surface area contributed by atoms with Gasteiger partial charge in [0.1, 0.15) is 18.0 Å². The lowest BCUT2D eigenvalue weighted by molar-refractivity contribution is -0.148. The first-order chi connectivity index (χ1) is 12.7. The van der Waals surface area contributed by atoms with Crippen molar-refractivity contribution < 1.29 is 28.9 Å². The summed E-state index contributed by atoms with van der Waals surface area (Å²) in [6.45, 7) is 6.40. The van der Waals surface area contributed by atoms with Crippen molar-refractivity contribution in [3.05, 3.63) is 29.8 Å². The Morgan fingerprint density at radius 3 is 2.44 bits per heavy atom. The van der Waals surface area contributed by atoms with Gasteiger partial charge < -0.3 is 24.2 Å². The van der Waals surface area contributed by atoms with Gasteiger partial charge in [-0.2, -0.15) is 0 Å². The van der Waals surface area contributed by atoms with Crippen molar-refractivity contribution in [2.75, 3.05) is 33.4 Å². The summed E-state index contributed by atoms with van der Waals surface area (Å²) >= 11 is 0. The molecular formula is C20H29NO6. The highest BCUT2D eigenvalue weighted by Crippen LogP contribution is 2.35. The Morgan fingerprint density at radius 1 is 1.22 bits per heavy atom. The molecule has 150 valence electrons. The van der Waals surface area contributed by atoms with E-state index in [0.717, 1.165) is 5.56 Å². The molecule has 2 rings (SSSR count). The zero-order valence-electron chi connectivity index (χ0n) is 16.4. The van der Waals surface area contributed by atoms with Crippen LogP contribution < -0.4 is 4.74 Å². The van der Waals surface area contributed by atoms with Crippen LogP contribution in [-0.4, -0.2) is 61.1 Å². The van der Waals surface area contributed by atoms with Crippen molar-refractivity contribution in [1.29, 1.82) is 0 Å². The average molecular weight is 379 g/mol. The number of ether oxygens (including phenoxy) is 3. The molecule has 1 aliphatic heterocycles. The maximum atomic E-state index is 12.4. The molecule has 0 spiro atoms. The van der Waals surface area contributed by atoms with Crippen molar-refractivity contribution in [1.82, 2.24) is 4.90 Å². The Balaban J connectivity index is 2.13. The van der Waals surface area contributed by atoms with Gasteiger partial charge in [0.15, 0.2) is 0 Å². The van der Waals surface area contributed by atoms with Gasteiger partial charge in [0.2, 0.25) is 0 Å². The quantitative estimate of drug-likeness (QED) is 0.792. The van der Waals surface area contributed by atoms with E-state index in [0.29, 0.717) is 18.7 Å². The minimum atomic E-state index is -0.584. The number of carbonyl (C=O) groups is 2. The molecule has 0 saturated carbocycles. The fraction of sp³-hybridized carbons (Fsp3) is 0.600. The third kappa shape index (κ3) is 5.85. The maximum Gasteiger partial charge on any atom is 0.410 e. The van der Waals surface area contributed by atoms with Crippen LogP contribution in [0.3, 0.4) is 0 Å². The molecule has 1 saturated heterocycles. The number of likely N-dealkylation sites (tertiary alicyclic amines) is 1. The number of methoxy groups -OCH3 is 1. The number of hydrogen-bond donors (Lipinski definition) is 1. The fourth-order valence-electron chi connectivity index (χ4n) is 3.21. The number of piperidine rings is 1.